The molecule has 228 valence electrons. The predicted octanol–water partition coefficient (Wildman–Crippen LogP) is 10.3. The molecule has 0 amide bonds. The quantitative estimate of drug-likeness (QED) is 0.231. The first-order chi connectivity index (χ1) is 19.9. The molecule has 0 heterocycles. The van der Waals surface area contributed by atoms with E-state index in [0.717, 1.165) is 24.5 Å². The Balaban J connectivity index is 0.000000280. The Morgan fingerprint density at radius 1 is 0.429 bits per heavy atom. The Morgan fingerprint density at radius 3 is 1.07 bits per heavy atom. The first-order valence-corrected chi connectivity index (χ1v) is 14.9. The van der Waals surface area contributed by atoms with Crippen LogP contribution in [-0.2, 0) is 17.8 Å². The lowest BCUT2D eigenvalue weighted by atomic mass is 10.1. The Hall–Kier alpha value is -3.56. The van der Waals surface area contributed by atoms with Crippen molar-refractivity contribution in [1.29, 1.82) is 0 Å². The van der Waals surface area contributed by atoms with Gasteiger partial charge in [0.05, 0.1) is 20.3 Å². The normalized spacial score (nSPS) is 9.81. The van der Waals surface area contributed by atoms with Gasteiger partial charge in [0.25, 0.3) is 0 Å². The van der Waals surface area contributed by atoms with Crippen LogP contribution in [0.25, 0.3) is 0 Å². The van der Waals surface area contributed by atoms with Crippen molar-refractivity contribution in [2.75, 3.05) is 20.8 Å². The summed E-state index contributed by atoms with van der Waals surface area (Å²) in [5.74, 6) is 1.92. The van der Waals surface area contributed by atoms with Gasteiger partial charge in [-0.15, -0.1) is 0 Å². The second-order valence-corrected chi connectivity index (χ2v) is 11.1. The Bertz CT molecular complexity index is 1170. The number of aryl methyl sites for hydroxylation is 9. The van der Waals surface area contributed by atoms with E-state index in [4.69, 9.17) is 14.2 Å². The lowest BCUT2D eigenvalue weighted by Gasteiger charge is -2.04. The molecular weight excluding hydrogens is 516 g/mol. The number of ether oxygens (including phenoxy) is 3. The molecular formula is C39H54O3. The molecule has 0 atom stereocenters. The van der Waals surface area contributed by atoms with Gasteiger partial charge in [-0.1, -0.05) is 77.7 Å². The molecule has 0 radical (unpaired) electrons. The van der Waals surface area contributed by atoms with Gasteiger partial charge >= 0.3 is 0 Å². The van der Waals surface area contributed by atoms with E-state index >= 15 is 0 Å². The molecule has 0 aliphatic rings. The Kier molecular flexibility index (Phi) is 17.0. The molecule has 0 aliphatic carbocycles. The van der Waals surface area contributed by atoms with Crippen LogP contribution in [0.15, 0.2) is 72.8 Å². The van der Waals surface area contributed by atoms with Gasteiger partial charge in [-0.2, -0.15) is 0 Å². The molecule has 0 aromatic heterocycles. The van der Waals surface area contributed by atoms with Gasteiger partial charge in [0, 0.05) is 7.11 Å². The van der Waals surface area contributed by atoms with Crippen molar-refractivity contribution < 1.29 is 14.2 Å². The highest BCUT2D eigenvalue weighted by atomic mass is 16.5. The summed E-state index contributed by atoms with van der Waals surface area (Å²) >= 11 is 0. The maximum Gasteiger partial charge on any atom is 0.119 e. The molecule has 0 N–H and O–H groups in total. The molecule has 4 aromatic rings. The lowest BCUT2D eigenvalue weighted by Crippen LogP contribution is -1.92. The third-order valence-corrected chi connectivity index (χ3v) is 6.22. The fourth-order valence-corrected chi connectivity index (χ4v) is 4.83. The summed E-state index contributed by atoms with van der Waals surface area (Å²) in [6, 6.07) is 25.6. The highest BCUT2D eigenvalue weighted by Gasteiger charge is 1.95. The van der Waals surface area contributed by atoms with E-state index in [0.29, 0.717) is 6.61 Å². The highest BCUT2D eigenvalue weighted by molar-refractivity contribution is 5.34. The van der Waals surface area contributed by atoms with E-state index in [9.17, 15) is 0 Å². The first kappa shape index (κ1) is 36.5. The molecule has 3 heteroatoms. The molecule has 4 rings (SSSR count). The second kappa shape index (κ2) is 19.5. The maximum atomic E-state index is 5.37. The standard InChI is InChI=1S/2C10H14O.C10H14.C9H12O/c1-8-4-9(2)6-10(5-8)7-11-3;1-4-11-10-6-8(2)5-9(3)7-10;1-4-10-6-8(2)5-9(3)7-10;1-7-4-8(2)6-9(5-7)10-3/h4-6H,7H2,1-3H3;5-7H,4H2,1-3H3;5-7H,4H2,1-3H3;4-6H,1-3H3. The second-order valence-electron chi connectivity index (χ2n) is 11.1. The average Bonchev–Trinajstić information content (AvgIpc) is 2.88. The summed E-state index contributed by atoms with van der Waals surface area (Å²) in [4.78, 5) is 0. The number of hydrogen-bond donors (Lipinski definition) is 0. The van der Waals surface area contributed by atoms with Crippen LogP contribution in [0.4, 0.5) is 0 Å². The minimum Gasteiger partial charge on any atom is -0.497 e. The fourth-order valence-electron chi connectivity index (χ4n) is 4.83. The lowest BCUT2D eigenvalue weighted by molar-refractivity contribution is 0.185. The maximum absolute atomic E-state index is 5.37. The van der Waals surface area contributed by atoms with Crippen LogP contribution in [0.5, 0.6) is 11.5 Å². The zero-order valence-corrected chi connectivity index (χ0v) is 28.3. The van der Waals surface area contributed by atoms with E-state index in [2.05, 4.69) is 123 Å². The molecule has 42 heavy (non-hydrogen) atoms. The minimum atomic E-state index is 0.711. The summed E-state index contributed by atoms with van der Waals surface area (Å²) in [5.41, 5.74) is 13.1. The van der Waals surface area contributed by atoms with Crippen molar-refractivity contribution in [3.05, 3.63) is 128 Å². The molecule has 0 saturated heterocycles. The molecule has 0 unspecified atom stereocenters. The third kappa shape index (κ3) is 15.4. The van der Waals surface area contributed by atoms with E-state index in [1.807, 2.05) is 19.1 Å². The molecule has 0 bridgehead atoms. The van der Waals surface area contributed by atoms with Gasteiger partial charge in [0.15, 0.2) is 0 Å². The van der Waals surface area contributed by atoms with Crippen molar-refractivity contribution in [3.63, 3.8) is 0 Å². The topological polar surface area (TPSA) is 27.7 Å². The summed E-state index contributed by atoms with van der Waals surface area (Å²) in [6.45, 7) is 22.4. The fraction of sp³-hybridized carbons (Fsp3) is 0.385. The number of hydrogen-bond acceptors (Lipinski definition) is 3. The minimum absolute atomic E-state index is 0.711. The van der Waals surface area contributed by atoms with Gasteiger partial charge in [-0.25, -0.2) is 0 Å². The summed E-state index contributed by atoms with van der Waals surface area (Å²) in [7, 11) is 3.41. The Morgan fingerprint density at radius 2 is 0.762 bits per heavy atom. The van der Waals surface area contributed by atoms with Crippen LogP contribution in [0.3, 0.4) is 0 Å². The summed E-state index contributed by atoms with van der Waals surface area (Å²) < 4.78 is 15.5. The van der Waals surface area contributed by atoms with Gasteiger partial charge in [-0.05, 0) is 126 Å². The van der Waals surface area contributed by atoms with E-state index in [1.165, 1.54) is 55.6 Å². The third-order valence-electron chi connectivity index (χ3n) is 6.22. The highest BCUT2D eigenvalue weighted by Crippen LogP contribution is 2.16. The van der Waals surface area contributed by atoms with Crippen molar-refractivity contribution in [1.82, 2.24) is 0 Å². The molecule has 0 spiro atoms. The van der Waals surface area contributed by atoms with Crippen LogP contribution < -0.4 is 9.47 Å². The largest absolute Gasteiger partial charge is 0.497 e. The SMILES string of the molecule is CCOc1cc(C)cc(C)c1.CCc1cc(C)cc(C)c1.COCc1cc(C)cc(C)c1.COc1cc(C)cc(C)c1. The van der Waals surface area contributed by atoms with Crippen molar-refractivity contribution in [2.24, 2.45) is 0 Å². The average molecular weight is 571 g/mol. The van der Waals surface area contributed by atoms with Crippen molar-refractivity contribution in [3.8, 4) is 11.5 Å². The van der Waals surface area contributed by atoms with E-state index in [1.54, 1.807) is 14.2 Å². The van der Waals surface area contributed by atoms with E-state index < -0.39 is 0 Å². The molecule has 0 aliphatic heterocycles. The predicted molar refractivity (Wildman–Crippen MR) is 181 cm³/mol. The van der Waals surface area contributed by atoms with Crippen LogP contribution in [0, 0.1) is 55.4 Å². The van der Waals surface area contributed by atoms with Crippen LogP contribution >= 0.6 is 0 Å². The zero-order chi connectivity index (χ0) is 31.7. The van der Waals surface area contributed by atoms with Gasteiger partial charge < -0.3 is 14.2 Å². The van der Waals surface area contributed by atoms with Crippen LogP contribution in [-0.4, -0.2) is 20.8 Å². The number of rotatable bonds is 6. The molecule has 0 fully saturated rings. The number of methoxy groups -OCH3 is 2. The monoisotopic (exact) mass is 570 g/mol. The Labute approximate surface area is 256 Å². The van der Waals surface area contributed by atoms with Gasteiger partial charge in [0.2, 0.25) is 0 Å². The molecule has 0 saturated carbocycles. The van der Waals surface area contributed by atoms with Gasteiger partial charge in [-0.3, -0.25) is 0 Å². The first-order valence-electron chi connectivity index (χ1n) is 14.9. The van der Waals surface area contributed by atoms with Crippen molar-refractivity contribution in [2.45, 2.75) is 82.3 Å². The van der Waals surface area contributed by atoms with E-state index in [-0.39, 0.29) is 0 Å². The van der Waals surface area contributed by atoms with Crippen molar-refractivity contribution >= 4 is 0 Å². The molecule has 4 aromatic carbocycles. The summed E-state index contributed by atoms with van der Waals surface area (Å²) in [6.07, 6.45) is 1.14. The molecule has 3 nitrogen and oxygen atoms in total. The smallest absolute Gasteiger partial charge is 0.119 e. The van der Waals surface area contributed by atoms with Crippen LogP contribution in [0.1, 0.15) is 69.5 Å². The van der Waals surface area contributed by atoms with Gasteiger partial charge in [0.1, 0.15) is 11.5 Å². The number of benzene rings is 4. The summed E-state index contributed by atoms with van der Waals surface area (Å²) in [5, 5.41) is 0. The van der Waals surface area contributed by atoms with Crippen LogP contribution in [0.2, 0.25) is 0 Å². The zero-order valence-electron chi connectivity index (χ0n) is 28.3.